The van der Waals surface area contributed by atoms with Crippen molar-refractivity contribution in [2.75, 3.05) is 40.9 Å². The van der Waals surface area contributed by atoms with Gasteiger partial charge in [0.1, 0.15) is 19.3 Å². The van der Waals surface area contributed by atoms with Crippen molar-refractivity contribution in [3.63, 3.8) is 0 Å². The van der Waals surface area contributed by atoms with Gasteiger partial charge in [-0.2, -0.15) is 0 Å². The Kier molecular flexibility index (Phi) is 14.3. The van der Waals surface area contributed by atoms with Gasteiger partial charge in [-0.15, -0.1) is 0 Å². The van der Waals surface area contributed by atoms with Gasteiger partial charge in [-0.05, 0) is 110 Å². The van der Waals surface area contributed by atoms with Gasteiger partial charge in [0.05, 0.1) is 27.7 Å². The third-order valence-corrected chi connectivity index (χ3v) is 14.4. The fourth-order valence-electron chi connectivity index (χ4n) is 10.5. The molecule has 9 heteroatoms. The van der Waals surface area contributed by atoms with Crippen molar-refractivity contribution >= 4 is 13.8 Å². The van der Waals surface area contributed by atoms with E-state index in [0.717, 1.165) is 60.7 Å². The fourth-order valence-corrected chi connectivity index (χ4v) is 11.2. The van der Waals surface area contributed by atoms with Gasteiger partial charge in [-0.3, -0.25) is 13.8 Å². The largest absolute Gasteiger partial charge is 0.870 e. The van der Waals surface area contributed by atoms with Crippen LogP contribution in [-0.2, 0) is 23.1 Å². The summed E-state index contributed by atoms with van der Waals surface area (Å²) in [6, 6.07) is 0. The highest BCUT2D eigenvalue weighted by Crippen LogP contribution is 2.67. The molecule has 2 N–H and O–H groups in total. The van der Waals surface area contributed by atoms with Gasteiger partial charge in [0, 0.05) is 12.8 Å². The third kappa shape index (κ3) is 9.94. The van der Waals surface area contributed by atoms with E-state index in [2.05, 4.69) is 47.6 Å². The maximum absolute atomic E-state index is 12.7. The van der Waals surface area contributed by atoms with Crippen molar-refractivity contribution in [2.24, 2.45) is 52.3 Å². The Bertz CT molecular complexity index is 1100. The van der Waals surface area contributed by atoms with Gasteiger partial charge in [-0.1, -0.05) is 66.0 Å². The molecule has 3 saturated carbocycles. The molecule has 0 radical (unpaired) electrons. The molecule has 0 aromatic rings. The molecule has 8 nitrogen and oxygen atoms in total. The third-order valence-electron chi connectivity index (χ3n) is 13.4. The van der Waals surface area contributed by atoms with Crippen LogP contribution < -0.4 is 0 Å². The number of carbonyl (C=O) groups is 1. The van der Waals surface area contributed by atoms with Crippen LogP contribution in [0.3, 0.4) is 0 Å². The van der Waals surface area contributed by atoms with Gasteiger partial charge < -0.3 is 19.6 Å². The summed E-state index contributed by atoms with van der Waals surface area (Å²) in [5, 5.41) is 0. The second-order valence-corrected chi connectivity index (χ2v) is 19.0. The van der Waals surface area contributed by atoms with Gasteiger partial charge in [-0.25, -0.2) is 4.57 Å². The first-order valence-corrected chi connectivity index (χ1v) is 20.3. The number of quaternary nitrogens is 1. The summed E-state index contributed by atoms with van der Waals surface area (Å²) in [5.74, 6) is 5.48. The van der Waals surface area contributed by atoms with Crippen molar-refractivity contribution < 1.29 is 38.0 Å². The molecule has 0 aromatic carbocycles. The summed E-state index contributed by atoms with van der Waals surface area (Å²) in [4.78, 5) is 22.6. The van der Waals surface area contributed by atoms with E-state index in [0.29, 0.717) is 22.9 Å². The number of nitrogens with zero attached hydrogens (tertiary/aromatic N) is 1. The first kappa shape index (κ1) is 40.7. The summed E-state index contributed by atoms with van der Waals surface area (Å²) >= 11 is 0. The van der Waals surface area contributed by atoms with Gasteiger partial charge in [0.2, 0.25) is 0 Å². The molecular formula is C38H70NO7P. The second kappa shape index (κ2) is 16.5. The quantitative estimate of drug-likeness (QED) is 0.0568. The minimum Gasteiger partial charge on any atom is -0.870 e. The monoisotopic (exact) mass is 683 g/mol. The number of phosphoric ester groups is 1. The van der Waals surface area contributed by atoms with E-state index >= 15 is 0 Å². The molecule has 0 saturated heterocycles. The van der Waals surface area contributed by atoms with E-state index in [-0.39, 0.29) is 42.6 Å². The van der Waals surface area contributed by atoms with Crippen molar-refractivity contribution in [2.45, 2.75) is 131 Å². The predicted molar refractivity (Wildman–Crippen MR) is 188 cm³/mol. The maximum atomic E-state index is 12.7. The summed E-state index contributed by atoms with van der Waals surface area (Å²) in [7, 11) is 1.85. The van der Waals surface area contributed by atoms with Crippen molar-refractivity contribution in [3.8, 4) is 0 Å². The number of hydrogen-bond donors (Lipinski definition) is 1. The predicted octanol–water partition coefficient (Wildman–Crippen LogP) is 9.02. The number of likely N-dealkylation sites (N-methyl/N-ethyl adjacent to an activating group) is 1. The summed E-state index contributed by atoms with van der Waals surface area (Å²) in [6.45, 7) is 15.6. The lowest BCUT2D eigenvalue weighted by Crippen LogP contribution is -2.51. The van der Waals surface area contributed by atoms with E-state index in [1.807, 2.05) is 21.1 Å². The van der Waals surface area contributed by atoms with E-state index in [1.54, 1.807) is 0 Å². The molecule has 0 heterocycles. The van der Waals surface area contributed by atoms with Crippen LogP contribution in [0.15, 0.2) is 11.6 Å². The highest BCUT2D eigenvalue weighted by atomic mass is 31.2. The molecule has 4 aliphatic carbocycles. The average Bonchev–Trinajstić information content (AvgIpc) is 3.32. The number of allylic oxidation sites excluding steroid dienone is 1. The zero-order valence-electron chi connectivity index (χ0n) is 31.3. The Morgan fingerprint density at radius 3 is 2.38 bits per heavy atom. The molecule has 3 fully saturated rings. The molecule has 0 bridgehead atoms. The molecule has 0 amide bonds. The second-order valence-electron chi connectivity index (χ2n) is 17.6. The molecular weight excluding hydrogens is 613 g/mol. The highest BCUT2D eigenvalue weighted by molar-refractivity contribution is 7.47. The first-order chi connectivity index (χ1) is 21.5. The number of phosphoric acid groups is 1. The number of carbonyl (C=O) groups excluding carboxylic acids is 1. The zero-order chi connectivity index (χ0) is 33.9. The smallest absolute Gasteiger partial charge is 0.472 e. The van der Waals surface area contributed by atoms with E-state index in [4.69, 9.17) is 13.8 Å². The number of fused-ring (bicyclic) bond motifs is 5. The highest BCUT2D eigenvalue weighted by Gasteiger charge is 2.59. The fraction of sp³-hybridized carbons (Fsp3) is 0.921. The summed E-state index contributed by atoms with van der Waals surface area (Å²) < 4.78 is 28.8. The Hall–Kier alpha value is -0.760. The van der Waals surface area contributed by atoms with Crippen LogP contribution in [0.2, 0.25) is 0 Å². The number of ether oxygens (including phenoxy) is 1. The maximum Gasteiger partial charge on any atom is 0.472 e. The Morgan fingerprint density at radius 2 is 1.72 bits per heavy atom. The van der Waals surface area contributed by atoms with Crippen LogP contribution in [0.1, 0.15) is 125 Å². The Morgan fingerprint density at radius 1 is 1.02 bits per heavy atom. The van der Waals surface area contributed by atoms with Gasteiger partial charge in [0.25, 0.3) is 0 Å². The Labute approximate surface area is 287 Å². The van der Waals surface area contributed by atoms with E-state index in [9.17, 15) is 14.3 Å². The normalized spacial score (nSPS) is 34.6. The van der Waals surface area contributed by atoms with Crippen LogP contribution >= 0.6 is 7.82 Å². The molecule has 274 valence electrons. The lowest BCUT2D eigenvalue weighted by molar-refractivity contribution is -0.870. The van der Waals surface area contributed by atoms with Crippen LogP contribution in [0.5, 0.6) is 0 Å². The zero-order valence-corrected chi connectivity index (χ0v) is 32.2. The van der Waals surface area contributed by atoms with Crippen LogP contribution in [0.25, 0.3) is 0 Å². The molecule has 0 spiro atoms. The summed E-state index contributed by atoms with van der Waals surface area (Å²) in [6.07, 6.45) is 16.7. The summed E-state index contributed by atoms with van der Waals surface area (Å²) in [5.41, 5.74) is 2.24. The molecule has 4 rings (SSSR count). The van der Waals surface area contributed by atoms with Crippen LogP contribution in [-0.4, -0.2) is 67.8 Å². The van der Waals surface area contributed by atoms with Crippen LogP contribution in [0, 0.1) is 52.3 Å². The minimum absolute atomic E-state index is 0. The average molecular weight is 684 g/mol. The van der Waals surface area contributed by atoms with Crippen LogP contribution in [0.4, 0.5) is 0 Å². The Balaban J connectivity index is 0.00000600. The lowest BCUT2D eigenvalue weighted by Gasteiger charge is -2.58. The number of hydrogen-bond acceptors (Lipinski definition) is 6. The molecule has 4 unspecified atom stereocenters. The number of esters is 1. The molecule has 4 aliphatic rings. The van der Waals surface area contributed by atoms with Crippen molar-refractivity contribution in [1.29, 1.82) is 0 Å². The SMILES string of the molecule is CC[C@H](CC[C@@H](C)[C@H]1CCC2C3CC=C4C[C@@H](OC(=O)CCCOP(=O)(O)OCC[N+](C)(C)C)CC[C@]4(C)C3CC[C@@]21C)C(C)C.[OH-]. The van der Waals surface area contributed by atoms with E-state index < -0.39 is 7.82 Å². The first-order valence-electron chi connectivity index (χ1n) is 18.8. The van der Waals surface area contributed by atoms with Crippen molar-refractivity contribution in [1.82, 2.24) is 0 Å². The van der Waals surface area contributed by atoms with Crippen molar-refractivity contribution in [3.05, 3.63) is 11.6 Å². The molecule has 0 aliphatic heterocycles. The minimum atomic E-state index is -4.11. The van der Waals surface area contributed by atoms with Gasteiger partial charge in [0.15, 0.2) is 0 Å². The molecule has 10 atom stereocenters. The standard InChI is InChI=1S/C38H68NO6P.H2O/c1-10-29(27(2)3)14-13-28(4)33-17-18-34-32-16-15-30-26-31(19-21-37(30,5)35(32)20-22-38(33,34)6)45-36(40)12-11-24-43-46(41,42)44-25-23-39(7,8)9;/h15,27-29,31-35H,10-14,16-26H2,1-9H3;1H2/t28-,29-,31+,32?,33-,34?,35?,37+,38-;/m1./s1. The number of rotatable bonds is 16. The van der Waals surface area contributed by atoms with E-state index in [1.165, 1.54) is 56.9 Å². The topological polar surface area (TPSA) is 112 Å². The lowest BCUT2D eigenvalue weighted by atomic mass is 9.47. The van der Waals surface area contributed by atoms with Gasteiger partial charge >= 0.3 is 13.8 Å². The molecule has 0 aromatic heterocycles. The molecule has 47 heavy (non-hydrogen) atoms.